The normalized spacial score (nSPS) is 25.0. The largest absolute Gasteiger partial charge is 0.496 e. The van der Waals surface area contributed by atoms with Crippen molar-refractivity contribution in [3.05, 3.63) is 29.6 Å². The lowest BCUT2D eigenvalue weighted by Crippen LogP contribution is -2.45. The van der Waals surface area contributed by atoms with Gasteiger partial charge in [-0.3, -0.25) is 9.69 Å². The number of hydrogen-bond acceptors (Lipinski definition) is 4. The molecular weight excluding hydrogens is 323 g/mol. The quantitative estimate of drug-likeness (QED) is 0.836. The summed E-state index contributed by atoms with van der Waals surface area (Å²) in [5.74, 6) is 0.523. The fourth-order valence-corrected chi connectivity index (χ4v) is 3.92. The van der Waals surface area contributed by atoms with Gasteiger partial charge in [0.2, 0.25) is 5.91 Å². The summed E-state index contributed by atoms with van der Waals surface area (Å²) in [6, 6.07) is 4.80. The number of rotatable bonds is 4. The highest BCUT2D eigenvalue weighted by Crippen LogP contribution is 2.35. The van der Waals surface area contributed by atoms with E-state index in [1.165, 1.54) is 12.1 Å². The third-order valence-electron chi connectivity index (χ3n) is 5.24. The molecule has 0 N–H and O–H groups in total. The first-order chi connectivity index (χ1) is 11.9. The van der Waals surface area contributed by atoms with Gasteiger partial charge in [0.25, 0.3) is 0 Å². The van der Waals surface area contributed by atoms with Crippen LogP contribution in [-0.2, 0) is 16.1 Å². The Kier molecular flexibility index (Phi) is 5.29. The van der Waals surface area contributed by atoms with Crippen molar-refractivity contribution in [2.75, 3.05) is 40.0 Å². The zero-order chi connectivity index (χ0) is 18.0. The van der Waals surface area contributed by atoms with Crippen LogP contribution in [0.15, 0.2) is 18.2 Å². The number of hydrogen-bond donors (Lipinski definition) is 0. The summed E-state index contributed by atoms with van der Waals surface area (Å²) in [5.41, 5.74) is 0.808. The van der Waals surface area contributed by atoms with Gasteiger partial charge >= 0.3 is 0 Å². The van der Waals surface area contributed by atoms with Gasteiger partial charge < -0.3 is 14.4 Å². The topological polar surface area (TPSA) is 42.0 Å². The smallest absolute Gasteiger partial charge is 0.248 e. The van der Waals surface area contributed by atoms with E-state index in [4.69, 9.17) is 9.47 Å². The average Bonchev–Trinajstić information content (AvgIpc) is 2.87. The molecular formula is C19H27FN2O3. The van der Waals surface area contributed by atoms with Gasteiger partial charge in [0, 0.05) is 36.7 Å². The van der Waals surface area contributed by atoms with Gasteiger partial charge in [-0.25, -0.2) is 4.39 Å². The SMILES string of the molecule is COc1ccc(F)cc1CN1CCC2(COCC(=O)N(C(C)C)C2)C1. The van der Waals surface area contributed by atoms with E-state index in [9.17, 15) is 9.18 Å². The maximum atomic E-state index is 13.6. The van der Waals surface area contributed by atoms with Gasteiger partial charge in [-0.1, -0.05) is 0 Å². The van der Waals surface area contributed by atoms with Crippen LogP contribution in [0.25, 0.3) is 0 Å². The lowest BCUT2D eigenvalue weighted by Gasteiger charge is -2.34. The van der Waals surface area contributed by atoms with E-state index < -0.39 is 0 Å². The van der Waals surface area contributed by atoms with E-state index in [2.05, 4.69) is 4.90 Å². The minimum atomic E-state index is -0.251. The maximum absolute atomic E-state index is 13.6. The maximum Gasteiger partial charge on any atom is 0.248 e. The Labute approximate surface area is 148 Å². The molecule has 1 aromatic rings. The van der Waals surface area contributed by atoms with E-state index in [0.717, 1.165) is 31.6 Å². The summed E-state index contributed by atoms with van der Waals surface area (Å²) in [5, 5.41) is 0. The van der Waals surface area contributed by atoms with Gasteiger partial charge in [-0.2, -0.15) is 0 Å². The Bertz CT molecular complexity index is 637. The van der Waals surface area contributed by atoms with Crippen LogP contribution in [0.4, 0.5) is 4.39 Å². The highest BCUT2D eigenvalue weighted by atomic mass is 19.1. The Hall–Kier alpha value is -1.66. The minimum Gasteiger partial charge on any atom is -0.496 e. The van der Waals surface area contributed by atoms with Gasteiger partial charge in [0.05, 0.1) is 13.7 Å². The summed E-state index contributed by atoms with van der Waals surface area (Å²) in [4.78, 5) is 16.4. The number of ether oxygens (including phenoxy) is 2. The molecule has 0 aromatic heterocycles. The van der Waals surface area contributed by atoms with Crippen molar-refractivity contribution in [1.29, 1.82) is 0 Å². The van der Waals surface area contributed by atoms with Gasteiger partial charge in [-0.15, -0.1) is 0 Å². The van der Waals surface area contributed by atoms with Crippen LogP contribution >= 0.6 is 0 Å². The van der Waals surface area contributed by atoms with Crippen LogP contribution in [0, 0.1) is 11.2 Å². The van der Waals surface area contributed by atoms with Crippen LogP contribution in [0.5, 0.6) is 5.75 Å². The van der Waals surface area contributed by atoms with Crippen molar-refractivity contribution in [2.45, 2.75) is 32.9 Å². The molecule has 1 aromatic carbocycles. The first-order valence-corrected chi connectivity index (χ1v) is 8.84. The molecule has 1 amide bonds. The van der Waals surface area contributed by atoms with Crippen molar-refractivity contribution in [2.24, 2.45) is 5.41 Å². The molecule has 0 aliphatic carbocycles. The van der Waals surface area contributed by atoms with Crippen molar-refractivity contribution < 1.29 is 18.7 Å². The molecule has 6 heteroatoms. The zero-order valence-corrected chi connectivity index (χ0v) is 15.3. The Morgan fingerprint density at radius 2 is 2.16 bits per heavy atom. The number of amides is 1. The first kappa shape index (κ1) is 18.1. The molecule has 3 rings (SSSR count). The number of carbonyl (C=O) groups excluding carboxylic acids is 1. The lowest BCUT2D eigenvalue weighted by atomic mass is 9.87. The van der Waals surface area contributed by atoms with Crippen LogP contribution in [0.1, 0.15) is 25.8 Å². The Balaban J connectivity index is 1.72. The number of nitrogens with zero attached hydrogens (tertiary/aromatic N) is 2. The second kappa shape index (κ2) is 7.30. The van der Waals surface area contributed by atoms with E-state index in [1.54, 1.807) is 13.2 Å². The third kappa shape index (κ3) is 3.96. The summed E-state index contributed by atoms with van der Waals surface area (Å²) in [6.45, 7) is 7.95. The van der Waals surface area contributed by atoms with E-state index in [0.29, 0.717) is 18.9 Å². The molecule has 138 valence electrons. The second-order valence-corrected chi connectivity index (χ2v) is 7.53. The molecule has 2 heterocycles. The predicted molar refractivity (Wildman–Crippen MR) is 92.9 cm³/mol. The molecule has 0 saturated carbocycles. The molecule has 1 atom stereocenters. The third-order valence-corrected chi connectivity index (χ3v) is 5.24. The number of halogens is 1. The Morgan fingerprint density at radius 3 is 2.88 bits per heavy atom. The standard InChI is InChI=1S/C19H27FN2O3/c1-14(2)22-12-19(13-25-10-18(22)23)6-7-21(11-19)9-15-8-16(20)4-5-17(15)24-3/h4-5,8,14H,6-7,9-13H2,1-3H3. The molecule has 2 saturated heterocycles. The highest BCUT2D eigenvalue weighted by Gasteiger charge is 2.43. The van der Waals surface area contributed by atoms with Crippen LogP contribution < -0.4 is 4.74 Å². The fraction of sp³-hybridized carbons (Fsp3) is 0.632. The van der Waals surface area contributed by atoms with Crippen molar-refractivity contribution >= 4 is 5.91 Å². The van der Waals surface area contributed by atoms with Gasteiger partial charge in [-0.05, 0) is 45.0 Å². The molecule has 25 heavy (non-hydrogen) atoms. The van der Waals surface area contributed by atoms with Crippen molar-refractivity contribution in [3.63, 3.8) is 0 Å². The number of likely N-dealkylation sites (tertiary alicyclic amines) is 1. The molecule has 0 radical (unpaired) electrons. The van der Waals surface area contributed by atoms with Crippen LogP contribution in [-0.4, -0.2) is 61.7 Å². The molecule has 1 unspecified atom stereocenters. The number of carbonyl (C=O) groups is 1. The average molecular weight is 350 g/mol. The van der Waals surface area contributed by atoms with Crippen molar-refractivity contribution in [1.82, 2.24) is 9.80 Å². The van der Waals surface area contributed by atoms with Crippen LogP contribution in [0.2, 0.25) is 0 Å². The molecule has 1 spiro atoms. The monoisotopic (exact) mass is 350 g/mol. The summed E-state index contributed by atoms with van der Waals surface area (Å²) < 4.78 is 24.6. The molecule has 2 fully saturated rings. The Morgan fingerprint density at radius 1 is 1.36 bits per heavy atom. The molecule has 2 aliphatic rings. The molecule has 5 nitrogen and oxygen atoms in total. The van der Waals surface area contributed by atoms with E-state index in [1.807, 2.05) is 18.7 Å². The minimum absolute atomic E-state index is 0.0447. The zero-order valence-electron chi connectivity index (χ0n) is 15.3. The van der Waals surface area contributed by atoms with Crippen LogP contribution in [0.3, 0.4) is 0 Å². The van der Waals surface area contributed by atoms with E-state index in [-0.39, 0.29) is 29.8 Å². The predicted octanol–water partition coefficient (Wildman–Crippen LogP) is 2.29. The summed E-state index contributed by atoms with van der Waals surface area (Å²) in [7, 11) is 1.60. The van der Waals surface area contributed by atoms with E-state index >= 15 is 0 Å². The first-order valence-electron chi connectivity index (χ1n) is 8.84. The summed E-state index contributed by atoms with van der Waals surface area (Å²) >= 11 is 0. The molecule has 0 bridgehead atoms. The fourth-order valence-electron chi connectivity index (χ4n) is 3.92. The summed E-state index contributed by atoms with van der Waals surface area (Å²) in [6.07, 6.45) is 0.973. The molecule has 2 aliphatic heterocycles. The number of benzene rings is 1. The van der Waals surface area contributed by atoms with Crippen molar-refractivity contribution in [3.8, 4) is 5.75 Å². The second-order valence-electron chi connectivity index (χ2n) is 7.53. The number of methoxy groups -OCH3 is 1. The lowest BCUT2D eigenvalue weighted by molar-refractivity contribution is -0.135. The highest BCUT2D eigenvalue weighted by molar-refractivity contribution is 5.78. The van der Waals surface area contributed by atoms with Gasteiger partial charge in [0.1, 0.15) is 18.2 Å². The van der Waals surface area contributed by atoms with Gasteiger partial charge in [0.15, 0.2) is 0 Å².